The van der Waals surface area contributed by atoms with Crippen LogP contribution in [0.5, 0.6) is 0 Å². The molecule has 2 N–H and O–H groups in total. The average Bonchev–Trinajstić information content (AvgIpc) is 2.20. The minimum Gasteiger partial charge on any atom is -0.398 e. The Morgan fingerprint density at radius 1 is 1.35 bits per heavy atom. The Bertz CT molecular complexity index is 481. The van der Waals surface area contributed by atoms with Gasteiger partial charge in [-0.3, -0.25) is 0 Å². The van der Waals surface area contributed by atoms with E-state index in [1.165, 1.54) is 0 Å². The fourth-order valence-electron chi connectivity index (χ4n) is 1.41. The summed E-state index contributed by atoms with van der Waals surface area (Å²) >= 11 is 0. The molecule has 0 aromatic heterocycles. The molecule has 0 heterocycles. The number of ether oxygens (including phenoxy) is 1. The highest BCUT2D eigenvalue weighted by molar-refractivity contribution is 7.91. The van der Waals surface area contributed by atoms with Crippen LogP contribution in [0, 0.1) is 6.92 Å². The van der Waals surface area contributed by atoms with E-state index in [1.807, 2.05) is 20.8 Å². The van der Waals surface area contributed by atoms with Gasteiger partial charge in [-0.25, -0.2) is 8.42 Å². The number of nitrogens with two attached hydrogens (primary N) is 1. The summed E-state index contributed by atoms with van der Waals surface area (Å²) in [6, 6.07) is 5.00. The maximum absolute atomic E-state index is 12.0. The first kappa shape index (κ1) is 14.0. The van der Waals surface area contributed by atoms with Crippen LogP contribution in [0.15, 0.2) is 23.1 Å². The van der Waals surface area contributed by atoms with Crippen LogP contribution < -0.4 is 5.73 Å². The normalized spacial score (nSPS) is 12.0. The van der Waals surface area contributed by atoms with E-state index < -0.39 is 9.84 Å². The van der Waals surface area contributed by atoms with Crippen LogP contribution in [0.25, 0.3) is 0 Å². The summed E-state index contributed by atoms with van der Waals surface area (Å²) < 4.78 is 29.3. The van der Waals surface area contributed by atoms with Crippen LogP contribution >= 0.6 is 0 Å². The summed E-state index contributed by atoms with van der Waals surface area (Å²) in [6.07, 6.45) is 0.0278. The van der Waals surface area contributed by atoms with Crippen molar-refractivity contribution < 1.29 is 13.2 Å². The molecule has 0 radical (unpaired) electrons. The van der Waals surface area contributed by atoms with E-state index in [0.29, 0.717) is 5.69 Å². The molecule has 0 amide bonds. The van der Waals surface area contributed by atoms with Crippen LogP contribution in [-0.2, 0) is 14.6 Å². The maximum atomic E-state index is 12.0. The quantitative estimate of drug-likeness (QED) is 0.816. The maximum Gasteiger partial charge on any atom is 0.182 e. The lowest BCUT2D eigenvalue weighted by molar-refractivity contribution is 0.0912. The number of sulfone groups is 1. The summed E-state index contributed by atoms with van der Waals surface area (Å²) in [5, 5.41) is 0. The van der Waals surface area contributed by atoms with Crippen LogP contribution in [0.3, 0.4) is 0 Å². The number of nitrogen functional groups attached to an aromatic ring is 1. The third kappa shape index (κ3) is 4.02. The van der Waals surface area contributed by atoms with Gasteiger partial charge in [0.1, 0.15) is 0 Å². The summed E-state index contributed by atoms with van der Waals surface area (Å²) in [6.45, 7) is 5.76. The van der Waals surface area contributed by atoms with Gasteiger partial charge in [0.15, 0.2) is 9.84 Å². The molecule has 0 bridgehead atoms. The van der Waals surface area contributed by atoms with Gasteiger partial charge in [-0.05, 0) is 38.5 Å². The zero-order valence-corrected chi connectivity index (χ0v) is 11.3. The zero-order chi connectivity index (χ0) is 13.1. The smallest absolute Gasteiger partial charge is 0.182 e. The van der Waals surface area contributed by atoms with E-state index >= 15 is 0 Å². The minimum atomic E-state index is -3.36. The molecule has 5 heteroatoms. The van der Waals surface area contributed by atoms with Gasteiger partial charge in [-0.15, -0.1) is 0 Å². The van der Waals surface area contributed by atoms with E-state index in [0.717, 1.165) is 5.56 Å². The number of rotatable bonds is 5. The van der Waals surface area contributed by atoms with Crippen LogP contribution in [0.2, 0.25) is 0 Å². The lowest BCUT2D eigenvalue weighted by atomic mass is 10.2. The fourth-order valence-corrected chi connectivity index (χ4v) is 2.74. The van der Waals surface area contributed by atoms with E-state index in [4.69, 9.17) is 10.5 Å². The number of benzene rings is 1. The number of hydrogen-bond acceptors (Lipinski definition) is 4. The molecule has 17 heavy (non-hydrogen) atoms. The molecule has 1 rings (SSSR count). The second-order valence-electron chi connectivity index (χ2n) is 4.28. The average molecular weight is 257 g/mol. The third-order valence-corrected chi connectivity index (χ3v) is 4.04. The van der Waals surface area contributed by atoms with E-state index in [-0.39, 0.29) is 23.4 Å². The largest absolute Gasteiger partial charge is 0.398 e. The lowest BCUT2D eigenvalue weighted by Crippen LogP contribution is -2.16. The van der Waals surface area contributed by atoms with Gasteiger partial charge in [0.05, 0.1) is 29.0 Å². The van der Waals surface area contributed by atoms with Gasteiger partial charge in [0.25, 0.3) is 0 Å². The van der Waals surface area contributed by atoms with Gasteiger partial charge >= 0.3 is 0 Å². The second kappa shape index (κ2) is 5.51. The minimum absolute atomic E-state index is 0.0278. The van der Waals surface area contributed by atoms with E-state index in [9.17, 15) is 8.42 Å². The molecule has 0 aliphatic heterocycles. The summed E-state index contributed by atoms with van der Waals surface area (Å²) in [5.41, 5.74) is 6.86. The summed E-state index contributed by atoms with van der Waals surface area (Å²) in [5.74, 6) is -0.0428. The van der Waals surface area contributed by atoms with Crippen molar-refractivity contribution in [2.45, 2.75) is 31.8 Å². The van der Waals surface area contributed by atoms with Gasteiger partial charge in [-0.1, -0.05) is 6.07 Å². The second-order valence-corrected chi connectivity index (χ2v) is 6.36. The van der Waals surface area contributed by atoms with Gasteiger partial charge in [0.2, 0.25) is 0 Å². The Kier molecular flexibility index (Phi) is 4.54. The van der Waals surface area contributed by atoms with Crippen LogP contribution in [0.4, 0.5) is 5.69 Å². The van der Waals surface area contributed by atoms with Crippen molar-refractivity contribution in [2.24, 2.45) is 0 Å². The van der Waals surface area contributed by atoms with Crippen LogP contribution in [-0.4, -0.2) is 26.9 Å². The first-order valence-electron chi connectivity index (χ1n) is 5.53. The number of aryl methyl sites for hydroxylation is 1. The van der Waals surface area contributed by atoms with Crippen molar-refractivity contribution in [3.8, 4) is 0 Å². The number of hydrogen-bond donors (Lipinski definition) is 1. The molecule has 96 valence electrons. The first-order chi connectivity index (χ1) is 7.83. The molecule has 4 nitrogen and oxygen atoms in total. The zero-order valence-electron chi connectivity index (χ0n) is 10.4. The molecule has 0 saturated carbocycles. The molecule has 0 unspecified atom stereocenters. The van der Waals surface area contributed by atoms with Crippen LogP contribution in [0.1, 0.15) is 19.4 Å². The molecule has 1 aromatic rings. The Labute approximate surface area is 103 Å². The van der Waals surface area contributed by atoms with Crippen molar-refractivity contribution >= 4 is 15.5 Å². The Balaban J connectivity index is 2.86. The molecule has 0 saturated heterocycles. The lowest BCUT2D eigenvalue weighted by Gasteiger charge is -2.10. The van der Waals surface area contributed by atoms with Crippen molar-refractivity contribution in [1.82, 2.24) is 0 Å². The predicted octanol–water partition coefficient (Wildman–Crippen LogP) is 1.78. The predicted molar refractivity (Wildman–Crippen MR) is 68.7 cm³/mol. The highest BCUT2D eigenvalue weighted by Crippen LogP contribution is 2.20. The van der Waals surface area contributed by atoms with E-state index in [1.54, 1.807) is 18.2 Å². The first-order valence-corrected chi connectivity index (χ1v) is 7.18. The van der Waals surface area contributed by atoms with Crippen molar-refractivity contribution in [2.75, 3.05) is 18.1 Å². The highest BCUT2D eigenvalue weighted by Gasteiger charge is 2.17. The van der Waals surface area contributed by atoms with Gasteiger partial charge in [-0.2, -0.15) is 0 Å². The van der Waals surface area contributed by atoms with E-state index in [2.05, 4.69) is 0 Å². The third-order valence-electron chi connectivity index (χ3n) is 2.31. The standard InChI is InChI=1S/C12H19NO3S/c1-9(2)16-6-7-17(14,15)12-8-10(3)4-5-11(12)13/h4-5,8-9H,6-7,13H2,1-3H3. The SMILES string of the molecule is Cc1ccc(N)c(S(=O)(=O)CCOC(C)C)c1. The summed E-state index contributed by atoms with van der Waals surface area (Å²) in [7, 11) is -3.36. The fraction of sp³-hybridized carbons (Fsp3) is 0.500. The van der Waals surface area contributed by atoms with Crippen molar-refractivity contribution in [3.05, 3.63) is 23.8 Å². The Morgan fingerprint density at radius 3 is 2.59 bits per heavy atom. The molecular weight excluding hydrogens is 238 g/mol. The molecule has 0 fully saturated rings. The molecular formula is C12H19NO3S. The Morgan fingerprint density at radius 2 is 2.00 bits per heavy atom. The topological polar surface area (TPSA) is 69.4 Å². The molecule has 0 aliphatic carbocycles. The number of anilines is 1. The monoisotopic (exact) mass is 257 g/mol. The molecule has 0 atom stereocenters. The van der Waals surface area contributed by atoms with Crippen molar-refractivity contribution in [3.63, 3.8) is 0 Å². The molecule has 1 aromatic carbocycles. The van der Waals surface area contributed by atoms with Crippen molar-refractivity contribution in [1.29, 1.82) is 0 Å². The van der Waals surface area contributed by atoms with Gasteiger partial charge < -0.3 is 10.5 Å². The highest BCUT2D eigenvalue weighted by atomic mass is 32.2. The van der Waals surface area contributed by atoms with Gasteiger partial charge in [0, 0.05) is 0 Å². The molecule has 0 spiro atoms. The Hall–Kier alpha value is -1.07. The molecule has 0 aliphatic rings. The summed E-state index contributed by atoms with van der Waals surface area (Å²) in [4.78, 5) is 0.199.